The van der Waals surface area contributed by atoms with Crippen LogP contribution >= 0.6 is 15.9 Å². The first kappa shape index (κ1) is 17.0. The zero-order valence-electron chi connectivity index (χ0n) is 13.2. The summed E-state index contributed by atoms with van der Waals surface area (Å²) in [5.41, 5.74) is 3.84. The molecule has 1 amide bonds. The molecular weight excluding hydrogens is 382 g/mol. The normalized spacial score (nSPS) is 10.9. The monoisotopic (exact) mass is 397 g/mol. The number of halogens is 1. The Bertz CT molecular complexity index is 936. The van der Waals surface area contributed by atoms with Gasteiger partial charge in [-0.25, -0.2) is 5.43 Å². The number of carbonyl (C=O) groups is 1. The molecule has 0 saturated heterocycles. The number of nitrogens with one attached hydrogen (secondary N) is 2. The van der Waals surface area contributed by atoms with Gasteiger partial charge in [0.05, 0.1) is 12.8 Å². The highest BCUT2D eigenvalue weighted by Gasteiger charge is 2.03. The number of phenolic OH excluding ortho intramolecular Hbond substituents is 1. The van der Waals surface area contributed by atoms with Crippen molar-refractivity contribution < 1.29 is 9.90 Å². The number of hydrazone groups is 1. The molecule has 0 fully saturated rings. The summed E-state index contributed by atoms with van der Waals surface area (Å²) in [6.45, 7) is 0.0931. The van der Waals surface area contributed by atoms with Crippen LogP contribution < -0.4 is 10.7 Å². The van der Waals surface area contributed by atoms with Crippen molar-refractivity contribution in [3.8, 4) is 5.75 Å². The van der Waals surface area contributed by atoms with Crippen molar-refractivity contribution in [2.75, 3.05) is 11.9 Å². The molecule has 0 bridgehead atoms. The molecule has 0 radical (unpaired) electrons. The first-order valence-corrected chi connectivity index (χ1v) is 8.45. The van der Waals surface area contributed by atoms with Crippen molar-refractivity contribution in [3.05, 3.63) is 70.7 Å². The number of fused-ring (bicyclic) bond motifs is 1. The Morgan fingerprint density at radius 3 is 2.80 bits per heavy atom. The minimum atomic E-state index is -0.279. The molecular formula is C19H16BrN3O2. The first-order valence-electron chi connectivity index (χ1n) is 7.65. The average molecular weight is 398 g/mol. The third kappa shape index (κ3) is 4.36. The lowest BCUT2D eigenvalue weighted by molar-refractivity contribution is -0.119. The topological polar surface area (TPSA) is 73.7 Å². The van der Waals surface area contributed by atoms with Crippen LogP contribution in [0.25, 0.3) is 10.8 Å². The van der Waals surface area contributed by atoms with E-state index in [2.05, 4.69) is 31.8 Å². The van der Waals surface area contributed by atoms with Crippen LogP contribution in [0.2, 0.25) is 0 Å². The summed E-state index contributed by atoms with van der Waals surface area (Å²) >= 11 is 3.32. The van der Waals surface area contributed by atoms with Crippen molar-refractivity contribution in [2.45, 2.75) is 0 Å². The second-order valence-corrected chi connectivity index (χ2v) is 6.29. The molecule has 0 spiro atoms. The van der Waals surface area contributed by atoms with Gasteiger partial charge in [0.1, 0.15) is 5.75 Å². The Labute approximate surface area is 153 Å². The standard InChI is InChI=1S/C19H16BrN3O2/c20-15-8-9-18(24)14(10-15)11-22-23-19(25)12-21-17-7-3-5-13-4-1-2-6-16(13)17/h1-11,21,24H,12H2,(H,23,25). The molecule has 3 rings (SSSR count). The quantitative estimate of drug-likeness (QED) is 0.451. The van der Waals surface area contributed by atoms with Gasteiger partial charge in [-0.1, -0.05) is 52.3 Å². The van der Waals surface area contributed by atoms with Gasteiger partial charge in [-0.2, -0.15) is 5.10 Å². The van der Waals surface area contributed by atoms with Crippen LogP contribution in [0.4, 0.5) is 5.69 Å². The molecule has 3 N–H and O–H groups in total. The minimum absolute atomic E-state index is 0.0927. The van der Waals surface area contributed by atoms with Crippen LogP contribution in [0.1, 0.15) is 5.56 Å². The average Bonchev–Trinajstić information content (AvgIpc) is 2.63. The number of rotatable bonds is 5. The second kappa shape index (κ2) is 7.81. The molecule has 0 aromatic heterocycles. The summed E-state index contributed by atoms with van der Waals surface area (Å²) in [7, 11) is 0. The van der Waals surface area contributed by atoms with Crippen LogP contribution in [0.15, 0.2) is 70.2 Å². The largest absolute Gasteiger partial charge is 0.507 e. The van der Waals surface area contributed by atoms with Gasteiger partial charge in [0.15, 0.2) is 0 Å². The number of benzene rings is 3. The van der Waals surface area contributed by atoms with E-state index in [0.29, 0.717) is 5.56 Å². The van der Waals surface area contributed by atoms with Crippen molar-refractivity contribution in [2.24, 2.45) is 5.10 Å². The fourth-order valence-corrected chi connectivity index (χ4v) is 2.78. The molecule has 0 unspecified atom stereocenters. The van der Waals surface area contributed by atoms with Crippen molar-refractivity contribution in [3.63, 3.8) is 0 Å². The lowest BCUT2D eigenvalue weighted by Gasteiger charge is -2.08. The number of aromatic hydroxyl groups is 1. The number of anilines is 1. The van der Waals surface area contributed by atoms with Crippen LogP contribution in [-0.4, -0.2) is 23.8 Å². The van der Waals surface area contributed by atoms with E-state index in [1.807, 2.05) is 42.5 Å². The van der Waals surface area contributed by atoms with E-state index in [1.54, 1.807) is 18.2 Å². The Kier molecular flexibility index (Phi) is 5.30. The summed E-state index contributed by atoms with van der Waals surface area (Å²) in [5.74, 6) is -0.186. The molecule has 126 valence electrons. The summed E-state index contributed by atoms with van der Waals surface area (Å²) in [6.07, 6.45) is 1.40. The Balaban J connectivity index is 1.59. The SMILES string of the molecule is O=C(CNc1cccc2ccccc12)NN=Cc1cc(Br)ccc1O. The van der Waals surface area contributed by atoms with Gasteiger partial charge in [0.25, 0.3) is 5.91 Å². The zero-order chi connectivity index (χ0) is 17.6. The Morgan fingerprint density at radius 2 is 1.92 bits per heavy atom. The third-order valence-corrected chi connectivity index (χ3v) is 4.10. The molecule has 5 nitrogen and oxygen atoms in total. The van der Waals surface area contributed by atoms with Crippen LogP contribution in [-0.2, 0) is 4.79 Å². The van der Waals surface area contributed by atoms with Gasteiger partial charge in [-0.15, -0.1) is 0 Å². The maximum absolute atomic E-state index is 11.9. The number of phenols is 1. The molecule has 0 aliphatic carbocycles. The van der Waals surface area contributed by atoms with Gasteiger partial charge in [0, 0.05) is 21.1 Å². The molecule has 25 heavy (non-hydrogen) atoms. The number of hydrogen-bond acceptors (Lipinski definition) is 4. The highest BCUT2D eigenvalue weighted by molar-refractivity contribution is 9.10. The molecule has 0 atom stereocenters. The molecule has 3 aromatic carbocycles. The lowest BCUT2D eigenvalue weighted by atomic mass is 10.1. The summed E-state index contributed by atoms with van der Waals surface area (Å²) < 4.78 is 0.815. The maximum atomic E-state index is 11.9. The van der Waals surface area contributed by atoms with Gasteiger partial charge in [0.2, 0.25) is 0 Å². The number of carbonyl (C=O) groups excluding carboxylic acids is 1. The highest BCUT2D eigenvalue weighted by Crippen LogP contribution is 2.22. The highest BCUT2D eigenvalue weighted by atomic mass is 79.9. The van der Waals surface area contributed by atoms with Gasteiger partial charge < -0.3 is 10.4 Å². The van der Waals surface area contributed by atoms with Crippen molar-refractivity contribution in [1.29, 1.82) is 0 Å². The lowest BCUT2D eigenvalue weighted by Crippen LogP contribution is -2.25. The van der Waals surface area contributed by atoms with Crippen LogP contribution in [0.5, 0.6) is 5.75 Å². The van der Waals surface area contributed by atoms with E-state index in [1.165, 1.54) is 6.21 Å². The predicted molar refractivity (Wildman–Crippen MR) is 104 cm³/mol. The van der Waals surface area contributed by atoms with E-state index in [9.17, 15) is 9.90 Å². The molecule has 6 heteroatoms. The summed E-state index contributed by atoms with van der Waals surface area (Å²) in [6, 6.07) is 18.8. The van der Waals surface area contributed by atoms with E-state index in [0.717, 1.165) is 20.9 Å². The Hall–Kier alpha value is -2.86. The summed E-state index contributed by atoms with van der Waals surface area (Å²) in [5, 5.41) is 18.9. The first-order chi connectivity index (χ1) is 12.1. The number of hydrogen-bond donors (Lipinski definition) is 3. The van der Waals surface area contributed by atoms with Gasteiger partial charge >= 0.3 is 0 Å². The maximum Gasteiger partial charge on any atom is 0.259 e. The number of nitrogens with zero attached hydrogens (tertiary/aromatic N) is 1. The van der Waals surface area contributed by atoms with Crippen molar-refractivity contribution >= 4 is 44.5 Å². The van der Waals surface area contributed by atoms with Crippen molar-refractivity contribution in [1.82, 2.24) is 5.43 Å². The zero-order valence-corrected chi connectivity index (χ0v) is 14.8. The molecule has 3 aromatic rings. The van der Waals surface area contributed by atoms with Crippen LogP contribution in [0, 0.1) is 0 Å². The minimum Gasteiger partial charge on any atom is -0.507 e. The smallest absolute Gasteiger partial charge is 0.259 e. The van der Waals surface area contributed by atoms with E-state index in [-0.39, 0.29) is 18.2 Å². The third-order valence-electron chi connectivity index (χ3n) is 3.61. The van der Waals surface area contributed by atoms with Crippen LogP contribution in [0.3, 0.4) is 0 Å². The predicted octanol–water partition coefficient (Wildman–Crippen LogP) is 3.87. The fourth-order valence-electron chi connectivity index (χ4n) is 2.40. The van der Waals surface area contributed by atoms with Gasteiger partial charge in [-0.3, -0.25) is 4.79 Å². The number of amides is 1. The molecule has 0 saturated carbocycles. The molecule has 0 aliphatic rings. The Morgan fingerprint density at radius 1 is 1.12 bits per heavy atom. The molecule has 0 aliphatic heterocycles. The van der Waals surface area contributed by atoms with E-state index < -0.39 is 0 Å². The van der Waals surface area contributed by atoms with E-state index >= 15 is 0 Å². The fraction of sp³-hybridized carbons (Fsp3) is 0.0526. The molecule has 0 heterocycles. The summed E-state index contributed by atoms with van der Waals surface area (Å²) in [4.78, 5) is 11.9. The second-order valence-electron chi connectivity index (χ2n) is 5.38. The van der Waals surface area contributed by atoms with Gasteiger partial charge in [-0.05, 0) is 29.7 Å². The van der Waals surface area contributed by atoms with E-state index in [4.69, 9.17) is 0 Å².